The van der Waals surface area contributed by atoms with Gasteiger partial charge in [0.1, 0.15) is 0 Å². The zero-order chi connectivity index (χ0) is 19.4. The maximum atomic E-state index is 12.5. The summed E-state index contributed by atoms with van der Waals surface area (Å²) in [4.78, 5) is 37.5. The number of methoxy groups -OCH3 is 1. The molecule has 8 heteroatoms. The molecule has 1 saturated heterocycles. The van der Waals surface area contributed by atoms with Crippen molar-refractivity contribution in [3.05, 3.63) is 69.6 Å². The number of hydrogen-bond acceptors (Lipinski definition) is 6. The van der Waals surface area contributed by atoms with Gasteiger partial charge in [-0.25, -0.2) is 4.79 Å². The molecule has 0 atom stereocenters. The molecule has 0 saturated carbocycles. The molecule has 1 N–H and O–H groups in total. The third kappa shape index (κ3) is 4.32. The Morgan fingerprint density at radius 2 is 1.89 bits per heavy atom. The van der Waals surface area contributed by atoms with Gasteiger partial charge < -0.3 is 10.1 Å². The Morgan fingerprint density at radius 3 is 2.56 bits per heavy atom. The number of carbonyl (C=O) groups is 3. The fraction of sp³-hybridized carbons (Fsp3) is 0.105. The normalized spacial score (nSPS) is 15.3. The van der Waals surface area contributed by atoms with Crippen LogP contribution in [0, 0.1) is 0 Å². The van der Waals surface area contributed by atoms with Gasteiger partial charge in [0.15, 0.2) is 0 Å². The zero-order valence-corrected chi connectivity index (χ0v) is 15.8. The van der Waals surface area contributed by atoms with E-state index in [2.05, 4.69) is 10.1 Å². The molecule has 1 aliphatic rings. The van der Waals surface area contributed by atoms with Crippen LogP contribution in [0.4, 0.5) is 10.5 Å². The lowest BCUT2D eigenvalue weighted by Gasteiger charge is -2.14. The highest BCUT2D eigenvalue weighted by molar-refractivity contribution is 8.18. The molecule has 2 aromatic carbocycles. The highest BCUT2D eigenvalue weighted by Gasteiger charge is 2.34. The maximum Gasteiger partial charge on any atom is 0.337 e. The van der Waals surface area contributed by atoms with E-state index in [1.54, 1.807) is 48.5 Å². The summed E-state index contributed by atoms with van der Waals surface area (Å²) >= 11 is 6.97. The standard InChI is InChI=1S/C19H15ClN2O4S/c1-26-18(24)12-6-8-14(9-7-12)21-11-22-17(23)16(27-19(22)25)10-13-4-2-3-5-15(13)20/h2-10,21H,11H2,1H3. The molecule has 0 spiro atoms. The van der Waals surface area contributed by atoms with Crippen LogP contribution in [0.1, 0.15) is 15.9 Å². The SMILES string of the molecule is COC(=O)c1ccc(NCN2C(=O)SC(=Cc3ccccc3Cl)C2=O)cc1. The topological polar surface area (TPSA) is 75.7 Å². The Hall–Kier alpha value is -2.77. The van der Waals surface area contributed by atoms with Crippen molar-refractivity contribution in [3.8, 4) is 0 Å². The number of carbonyl (C=O) groups excluding carboxylic acids is 3. The first kappa shape index (κ1) is 19.0. The van der Waals surface area contributed by atoms with Crippen molar-refractivity contribution in [1.82, 2.24) is 4.90 Å². The van der Waals surface area contributed by atoms with Crippen LogP contribution in [0.5, 0.6) is 0 Å². The molecule has 6 nitrogen and oxygen atoms in total. The predicted molar refractivity (Wildman–Crippen MR) is 106 cm³/mol. The number of amides is 2. The van der Waals surface area contributed by atoms with Gasteiger partial charge in [-0.2, -0.15) is 0 Å². The highest BCUT2D eigenvalue weighted by atomic mass is 35.5. The molecular weight excluding hydrogens is 388 g/mol. The maximum absolute atomic E-state index is 12.5. The minimum Gasteiger partial charge on any atom is -0.465 e. The van der Waals surface area contributed by atoms with E-state index in [4.69, 9.17) is 11.6 Å². The van der Waals surface area contributed by atoms with Crippen molar-refractivity contribution in [2.45, 2.75) is 0 Å². The van der Waals surface area contributed by atoms with Crippen LogP contribution >= 0.6 is 23.4 Å². The molecule has 1 fully saturated rings. The average Bonchev–Trinajstić information content (AvgIpc) is 2.94. The van der Waals surface area contributed by atoms with Crippen LogP contribution in [0.25, 0.3) is 6.08 Å². The van der Waals surface area contributed by atoms with E-state index >= 15 is 0 Å². The Bertz CT molecular complexity index is 928. The average molecular weight is 403 g/mol. The first-order valence-corrected chi connectivity index (χ1v) is 9.11. The lowest BCUT2D eigenvalue weighted by molar-refractivity contribution is -0.122. The van der Waals surface area contributed by atoms with Gasteiger partial charge in [-0.05, 0) is 53.7 Å². The summed E-state index contributed by atoms with van der Waals surface area (Å²) in [5, 5.41) is 3.14. The number of halogens is 1. The Morgan fingerprint density at radius 1 is 1.19 bits per heavy atom. The second-order valence-corrected chi connectivity index (χ2v) is 6.94. The van der Waals surface area contributed by atoms with Crippen LogP contribution in [0.3, 0.4) is 0 Å². The number of rotatable bonds is 5. The van der Waals surface area contributed by atoms with Crippen LogP contribution in [0.2, 0.25) is 5.02 Å². The number of imide groups is 1. The van der Waals surface area contributed by atoms with E-state index in [0.717, 1.165) is 16.7 Å². The van der Waals surface area contributed by atoms with Crippen molar-refractivity contribution in [1.29, 1.82) is 0 Å². The Kier molecular flexibility index (Phi) is 5.83. The van der Waals surface area contributed by atoms with E-state index in [1.807, 2.05) is 6.07 Å². The molecular formula is C19H15ClN2O4S. The molecule has 3 rings (SSSR count). The second-order valence-electron chi connectivity index (χ2n) is 5.54. The molecule has 0 unspecified atom stereocenters. The second kappa shape index (κ2) is 8.28. The number of ether oxygens (including phenoxy) is 1. The lowest BCUT2D eigenvalue weighted by Crippen LogP contribution is -2.33. The van der Waals surface area contributed by atoms with Crippen molar-refractivity contribution < 1.29 is 19.1 Å². The summed E-state index contributed by atoms with van der Waals surface area (Å²) in [6.45, 7) is 0.0160. The van der Waals surface area contributed by atoms with Gasteiger partial charge in [0.2, 0.25) is 0 Å². The van der Waals surface area contributed by atoms with Crippen LogP contribution in [-0.4, -0.2) is 35.8 Å². The molecule has 0 radical (unpaired) electrons. The Labute approximate surface area is 165 Å². The third-order valence-corrected chi connectivity index (χ3v) is 5.06. The van der Waals surface area contributed by atoms with Gasteiger partial charge in [0, 0.05) is 10.7 Å². The molecule has 1 aliphatic heterocycles. The molecule has 2 aromatic rings. The van der Waals surface area contributed by atoms with Gasteiger partial charge in [0.05, 0.1) is 24.2 Å². The number of benzene rings is 2. The van der Waals surface area contributed by atoms with E-state index in [1.165, 1.54) is 7.11 Å². The number of nitrogens with zero attached hydrogens (tertiary/aromatic N) is 1. The first-order valence-electron chi connectivity index (χ1n) is 7.92. The smallest absolute Gasteiger partial charge is 0.337 e. The van der Waals surface area contributed by atoms with Crippen molar-refractivity contribution in [2.75, 3.05) is 19.1 Å². The molecule has 138 valence electrons. The summed E-state index contributed by atoms with van der Waals surface area (Å²) in [5.74, 6) is -0.819. The first-order chi connectivity index (χ1) is 13.0. The minimum atomic E-state index is -0.433. The molecule has 27 heavy (non-hydrogen) atoms. The molecule has 0 aromatic heterocycles. The van der Waals surface area contributed by atoms with Crippen LogP contribution in [-0.2, 0) is 9.53 Å². The number of esters is 1. The quantitative estimate of drug-likeness (QED) is 0.595. The number of anilines is 1. The van der Waals surface area contributed by atoms with E-state index < -0.39 is 5.97 Å². The van der Waals surface area contributed by atoms with Crippen LogP contribution in [0.15, 0.2) is 53.4 Å². The summed E-state index contributed by atoms with van der Waals surface area (Å²) < 4.78 is 4.64. The van der Waals surface area contributed by atoms with Gasteiger partial charge >= 0.3 is 5.97 Å². The largest absolute Gasteiger partial charge is 0.465 e. The number of thioether (sulfide) groups is 1. The predicted octanol–water partition coefficient (Wildman–Crippen LogP) is 4.23. The number of nitrogens with one attached hydrogen (secondary N) is 1. The highest BCUT2D eigenvalue weighted by Crippen LogP contribution is 2.33. The van der Waals surface area contributed by atoms with Crippen molar-refractivity contribution >= 4 is 52.2 Å². The fourth-order valence-electron chi connectivity index (χ4n) is 2.38. The zero-order valence-electron chi connectivity index (χ0n) is 14.3. The van der Waals surface area contributed by atoms with E-state index in [-0.39, 0.29) is 17.8 Å². The molecule has 2 amide bonds. The van der Waals surface area contributed by atoms with Crippen molar-refractivity contribution in [3.63, 3.8) is 0 Å². The van der Waals surface area contributed by atoms with Gasteiger partial charge in [-0.3, -0.25) is 14.5 Å². The summed E-state index contributed by atoms with van der Waals surface area (Å²) in [5.41, 5.74) is 1.75. The lowest BCUT2D eigenvalue weighted by atomic mass is 10.2. The third-order valence-electron chi connectivity index (χ3n) is 3.81. The Balaban J connectivity index is 1.67. The number of hydrogen-bond donors (Lipinski definition) is 1. The monoisotopic (exact) mass is 402 g/mol. The summed E-state index contributed by atoms with van der Waals surface area (Å²) in [6.07, 6.45) is 1.61. The molecule has 0 bridgehead atoms. The molecule has 0 aliphatic carbocycles. The summed E-state index contributed by atoms with van der Waals surface area (Å²) in [7, 11) is 1.31. The fourth-order valence-corrected chi connectivity index (χ4v) is 3.40. The van der Waals surface area contributed by atoms with Crippen molar-refractivity contribution in [2.24, 2.45) is 0 Å². The van der Waals surface area contributed by atoms with E-state index in [9.17, 15) is 14.4 Å². The van der Waals surface area contributed by atoms with Gasteiger partial charge in [0.25, 0.3) is 11.1 Å². The molecule has 1 heterocycles. The van der Waals surface area contributed by atoms with E-state index in [0.29, 0.717) is 26.7 Å². The summed E-state index contributed by atoms with van der Waals surface area (Å²) in [6, 6.07) is 13.6. The van der Waals surface area contributed by atoms with Crippen LogP contribution < -0.4 is 5.32 Å². The minimum absolute atomic E-state index is 0.0160. The van der Waals surface area contributed by atoms with Gasteiger partial charge in [-0.15, -0.1) is 0 Å². The van der Waals surface area contributed by atoms with Gasteiger partial charge in [-0.1, -0.05) is 29.8 Å².